The van der Waals surface area contributed by atoms with Crippen molar-refractivity contribution >= 4 is 10.8 Å². The van der Waals surface area contributed by atoms with E-state index < -0.39 is 0 Å². The number of phenolic OH excluding ortho intramolecular Hbond substituents is 1. The number of benzene rings is 2. The molecule has 0 fully saturated rings. The summed E-state index contributed by atoms with van der Waals surface area (Å²) in [4.78, 5) is 4.56. The van der Waals surface area contributed by atoms with Crippen LogP contribution in [-0.4, -0.2) is 23.7 Å². The molecule has 25 heavy (non-hydrogen) atoms. The molecule has 0 spiro atoms. The summed E-state index contributed by atoms with van der Waals surface area (Å²) < 4.78 is 21.6. The summed E-state index contributed by atoms with van der Waals surface area (Å²) in [5, 5.41) is 12.6. The topological polar surface area (TPSA) is 70.0 Å². The van der Waals surface area contributed by atoms with Crippen LogP contribution in [0.1, 0.15) is 24.1 Å². The van der Waals surface area contributed by atoms with Crippen molar-refractivity contribution in [3.63, 3.8) is 0 Å². The van der Waals surface area contributed by atoms with Crippen LogP contribution >= 0.6 is 0 Å². The van der Waals surface area contributed by atoms with Crippen LogP contribution in [0.15, 0.2) is 36.5 Å². The Balaban J connectivity index is 1.66. The molecule has 6 heteroatoms. The minimum Gasteiger partial charge on any atom is -0.504 e. The molecule has 2 aliphatic rings. The molecule has 3 aromatic rings. The van der Waals surface area contributed by atoms with Gasteiger partial charge in [0.05, 0.1) is 5.69 Å². The lowest BCUT2D eigenvalue weighted by molar-refractivity contribution is 0.171. The van der Waals surface area contributed by atoms with Crippen LogP contribution in [0.3, 0.4) is 0 Å². The first-order valence-electron chi connectivity index (χ1n) is 8.02. The molecule has 2 aromatic carbocycles. The minimum atomic E-state index is -0.140. The van der Waals surface area contributed by atoms with E-state index in [2.05, 4.69) is 4.98 Å². The van der Waals surface area contributed by atoms with Gasteiger partial charge in [0.2, 0.25) is 19.3 Å². The zero-order valence-electron chi connectivity index (χ0n) is 13.5. The number of pyridine rings is 1. The number of phenols is 1. The van der Waals surface area contributed by atoms with Gasteiger partial charge in [0.15, 0.2) is 23.0 Å². The molecule has 1 N–H and O–H groups in total. The minimum absolute atomic E-state index is 0.0991. The Labute approximate surface area is 143 Å². The fraction of sp³-hybridized carbons (Fsp3) is 0.211. The Bertz CT molecular complexity index is 1000. The van der Waals surface area contributed by atoms with E-state index in [0.717, 1.165) is 27.8 Å². The van der Waals surface area contributed by atoms with Crippen molar-refractivity contribution in [3.8, 4) is 28.7 Å². The van der Waals surface area contributed by atoms with Crippen molar-refractivity contribution in [3.05, 3.63) is 47.8 Å². The molecule has 2 aliphatic heterocycles. The van der Waals surface area contributed by atoms with Gasteiger partial charge in [0.25, 0.3) is 0 Å². The molecule has 1 aromatic heterocycles. The summed E-state index contributed by atoms with van der Waals surface area (Å²) in [7, 11) is 0. The predicted octanol–water partition coefficient (Wildman–Crippen LogP) is 3.55. The van der Waals surface area contributed by atoms with Crippen LogP contribution in [-0.2, 0) is 0 Å². The second-order valence-electron chi connectivity index (χ2n) is 6.08. The molecule has 0 saturated carbocycles. The third kappa shape index (κ3) is 2.07. The Morgan fingerprint density at radius 2 is 1.72 bits per heavy atom. The van der Waals surface area contributed by atoms with Gasteiger partial charge in [-0.3, -0.25) is 4.98 Å². The molecule has 0 saturated heterocycles. The molecule has 126 valence electrons. The van der Waals surface area contributed by atoms with Gasteiger partial charge in [-0.1, -0.05) is 13.0 Å². The van der Waals surface area contributed by atoms with Gasteiger partial charge in [0, 0.05) is 23.1 Å². The molecule has 0 bridgehead atoms. The number of fused-ring (bicyclic) bond motifs is 3. The van der Waals surface area contributed by atoms with E-state index in [0.29, 0.717) is 17.2 Å². The van der Waals surface area contributed by atoms with E-state index in [-0.39, 0.29) is 25.3 Å². The van der Waals surface area contributed by atoms with Gasteiger partial charge in [-0.25, -0.2) is 0 Å². The summed E-state index contributed by atoms with van der Waals surface area (Å²) >= 11 is 0. The summed E-state index contributed by atoms with van der Waals surface area (Å²) in [6.45, 7) is 2.35. The summed E-state index contributed by atoms with van der Waals surface area (Å²) in [5.74, 6) is 2.36. The number of ether oxygens (including phenoxy) is 4. The van der Waals surface area contributed by atoms with Crippen molar-refractivity contribution in [1.82, 2.24) is 4.98 Å². The summed E-state index contributed by atoms with van der Waals surface area (Å²) in [5.41, 5.74) is 1.59. The molecule has 5 rings (SSSR count). The smallest absolute Gasteiger partial charge is 0.231 e. The third-order valence-electron chi connectivity index (χ3n) is 4.71. The maximum absolute atomic E-state index is 10.6. The standard InChI is InChI=1S/C19H15NO5/c1-10(12-2-3-14-19(18(12)21)25-9-22-14)17-13-7-16-15(23-8-24-16)6-11(13)4-5-20-17/h2-7,10,21H,8-9H2,1H3/t10-/m1/s1. The van der Waals surface area contributed by atoms with Gasteiger partial charge < -0.3 is 24.1 Å². The van der Waals surface area contributed by atoms with Gasteiger partial charge in [-0.15, -0.1) is 0 Å². The lowest BCUT2D eigenvalue weighted by Gasteiger charge is -2.16. The van der Waals surface area contributed by atoms with Crippen LogP contribution in [0.4, 0.5) is 0 Å². The number of hydrogen-bond acceptors (Lipinski definition) is 6. The Hall–Kier alpha value is -3.15. The quantitative estimate of drug-likeness (QED) is 0.771. The zero-order chi connectivity index (χ0) is 17.0. The van der Waals surface area contributed by atoms with Crippen molar-refractivity contribution in [2.24, 2.45) is 0 Å². The zero-order valence-corrected chi connectivity index (χ0v) is 13.5. The molecule has 0 aliphatic carbocycles. The Kier molecular flexibility index (Phi) is 2.94. The highest BCUT2D eigenvalue weighted by Crippen LogP contribution is 2.46. The average Bonchev–Trinajstić information content (AvgIpc) is 3.28. The van der Waals surface area contributed by atoms with Crippen LogP contribution in [0, 0.1) is 0 Å². The monoisotopic (exact) mass is 337 g/mol. The Morgan fingerprint density at radius 3 is 2.60 bits per heavy atom. The van der Waals surface area contributed by atoms with E-state index in [1.54, 1.807) is 6.20 Å². The molecular formula is C19H15NO5. The maximum atomic E-state index is 10.6. The highest BCUT2D eigenvalue weighted by atomic mass is 16.7. The van der Waals surface area contributed by atoms with Crippen LogP contribution < -0.4 is 18.9 Å². The van der Waals surface area contributed by atoms with E-state index in [1.165, 1.54) is 0 Å². The average molecular weight is 337 g/mol. The molecule has 0 amide bonds. The van der Waals surface area contributed by atoms with E-state index in [1.807, 2.05) is 37.3 Å². The number of nitrogens with zero attached hydrogens (tertiary/aromatic N) is 1. The van der Waals surface area contributed by atoms with E-state index in [4.69, 9.17) is 18.9 Å². The fourth-order valence-electron chi connectivity index (χ4n) is 3.40. The van der Waals surface area contributed by atoms with Gasteiger partial charge in [-0.05, 0) is 29.7 Å². The maximum Gasteiger partial charge on any atom is 0.231 e. The van der Waals surface area contributed by atoms with Gasteiger partial charge >= 0.3 is 0 Å². The van der Waals surface area contributed by atoms with Gasteiger partial charge in [-0.2, -0.15) is 0 Å². The third-order valence-corrected chi connectivity index (χ3v) is 4.71. The number of aromatic hydroxyl groups is 1. The largest absolute Gasteiger partial charge is 0.504 e. The van der Waals surface area contributed by atoms with Crippen LogP contribution in [0.5, 0.6) is 28.7 Å². The first kappa shape index (κ1) is 14.2. The van der Waals surface area contributed by atoms with Crippen molar-refractivity contribution in [2.75, 3.05) is 13.6 Å². The number of rotatable bonds is 2. The molecule has 3 heterocycles. The lowest BCUT2D eigenvalue weighted by Crippen LogP contribution is -2.01. The fourth-order valence-corrected chi connectivity index (χ4v) is 3.40. The van der Waals surface area contributed by atoms with Gasteiger partial charge in [0.1, 0.15) is 0 Å². The second kappa shape index (κ2) is 5.17. The first-order chi connectivity index (χ1) is 12.2. The number of hydrogen-bond donors (Lipinski definition) is 1. The highest BCUT2D eigenvalue weighted by Gasteiger charge is 2.25. The first-order valence-corrected chi connectivity index (χ1v) is 8.02. The van der Waals surface area contributed by atoms with E-state index in [9.17, 15) is 5.11 Å². The SMILES string of the molecule is C[C@H](c1ccc2c(c1O)OCO2)c1nccc2cc3c(cc12)OCO3. The molecule has 0 radical (unpaired) electrons. The number of aromatic nitrogens is 1. The molecule has 1 atom stereocenters. The normalized spacial score (nSPS) is 15.6. The summed E-state index contributed by atoms with van der Waals surface area (Å²) in [6.07, 6.45) is 1.76. The summed E-state index contributed by atoms with van der Waals surface area (Å²) in [6, 6.07) is 9.50. The van der Waals surface area contributed by atoms with Crippen LogP contribution in [0.25, 0.3) is 10.8 Å². The lowest BCUT2D eigenvalue weighted by atomic mass is 9.92. The van der Waals surface area contributed by atoms with Crippen molar-refractivity contribution in [2.45, 2.75) is 12.8 Å². The molecule has 6 nitrogen and oxygen atoms in total. The van der Waals surface area contributed by atoms with Crippen molar-refractivity contribution < 1.29 is 24.1 Å². The van der Waals surface area contributed by atoms with Crippen LogP contribution in [0.2, 0.25) is 0 Å². The molecule has 0 unspecified atom stereocenters. The molecular weight excluding hydrogens is 322 g/mol. The predicted molar refractivity (Wildman–Crippen MR) is 89.6 cm³/mol. The Morgan fingerprint density at radius 1 is 0.960 bits per heavy atom. The van der Waals surface area contributed by atoms with E-state index >= 15 is 0 Å². The second-order valence-corrected chi connectivity index (χ2v) is 6.08. The highest BCUT2D eigenvalue weighted by molar-refractivity contribution is 5.89. The van der Waals surface area contributed by atoms with Crippen molar-refractivity contribution in [1.29, 1.82) is 0 Å².